The number of hydrogen-bond donors (Lipinski definition) is 4. The molecule has 0 unspecified atom stereocenters. The SMILES string of the molecule is O=S(=O)(O)CNc1nc(NCS(=O)(=O)O)nc(-c2ccccc2)n1. The highest BCUT2D eigenvalue weighted by Gasteiger charge is 2.12. The zero-order chi connectivity index (χ0) is 17.8. The van der Waals surface area contributed by atoms with Gasteiger partial charge in [0.1, 0.15) is 11.8 Å². The third kappa shape index (κ3) is 6.04. The number of nitrogens with one attached hydrogen (secondary N) is 2. The molecule has 0 aliphatic heterocycles. The van der Waals surface area contributed by atoms with E-state index in [1.165, 1.54) is 0 Å². The van der Waals surface area contributed by atoms with Crippen molar-refractivity contribution in [3.8, 4) is 11.4 Å². The van der Waals surface area contributed by atoms with E-state index in [9.17, 15) is 16.8 Å². The van der Waals surface area contributed by atoms with Crippen LogP contribution in [0, 0.1) is 0 Å². The van der Waals surface area contributed by atoms with Crippen LogP contribution >= 0.6 is 0 Å². The zero-order valence-electron chi connectivity index (χ0n) is 12.0. The number of nitrogens with zero attached hydrogens (tertiary/aromatic N) is 3. The van der Waals surface area contributed by atoms with Crippen molar-refractivity contribution in [2.45, 2.75) is 0 Å². The van der Waals surface area contributed by atoms with E-state index in [0.717, 1.165) is 0 Å². The van der Waals surface area contributed by atoms with Crippen LogP contribution < -0.4 is 10.6 Å². The lowest BCUT2D eigenvalue weighted by molar-refractivity contribution is 0.483. The predicted octanol–water partition coefficient (Wildman–Crippen LogP) is 0.0530. The van der Waals surface area contributed by atoms with E-state index >= 15 is 0 Å². The second-order valence-corrected chi connectivity index (χ2v) is 7.38. The molecule has 0 saturated carbocycles. The van der Waals surface area contributed by atoms with E-state index in [2.05, 4.69) is 25.6 Å². The van der Waals surface area contributed by atoms with Gasteiger partial charge in [0.2, 0.25) is 11.9 Å². The van der Waals surface area contributed by atoms with Crippen LogP contribution in [0.3, 0.4) is 0 Å². The van der Waals surface area contributed by atoms with Gasteiger partial charge in [-0.05, 0) is 0 Å². The fraction of sp³-hybridized carbons (Fsp3) is 0.182. The Morgan fingerprint density at radius 3 is 1.67 bits per heavy atom. The summed E-state index contributed by atoms with van der Waals surface area (Å²) >= 11 is 0. The minimum absolute atomic E-state index is 0.126. The fourth-order valence-electron chi connectivity index (χ4n) is 1.56. The largest absolute Gasteiger partial charge is 0.338 e. The first-order chi connectivity index (χ1) is 11.1. The molecule has 4 N–H and O–H groups in total. The van der Waals surface area contributed by atoms with Gasteiger partial charge < -0.3 is 10.6 Å². The molecule has 0 fully saturated rings. The summed E-state index contributed by atoms with van der Waals surface area (Å²) in [5, 5.41) is 4.56. The molecule has 13 heteroatoms. The maximum atomic E-state index is 10.8. The summed E-state index contributed by atoms with van der Waals surface area (Å²) in [5.41, 5.74) is 0.560. The average molecular weight is 375 g/mol. The molecule has 1 heterocycles. The van der Waals surface area contributed by atoms with Crippen LogP contribution in [0.5, 0.6) is 0 Å². The third-order valence-electron chi connectivity index (χ3n) is 2.49. The van der Waals surface area contributed by atoms with Crippen LogP contribution in [-0.2, 0) is 20.2 Å². The monoisotopic (exact) mass is 375 g/mol. The second kappa shape index (κ2) is 7.04. The summed E-state index contributed by atoms with van der Waals surface area (Å²) in [6.07, 6.45) is 0. The molecule has 2 aromatic rings. The van der Waals surface area contributed by atoms with Crippen molar-refractivity contribution in [2.24, 2.45) is 0 Å². The molecule has 0 amide bonds. The van der Waals surface area contributed by atoms with Gasteiger partial charge in [0.15, 0.2) is 5.82 Å². The van der Waals surface area contributed by atoms with E-state index in [0.29, 0.717) is 5.56 Å². The van der Waals surface area contributed by atoms with Gasteiger partial charge in [0.05, 0.1) is 0 Å². The maximum absolute atomic E-state index is 10.8. The summed E-state index contributed by atoms with van der Waals surface area (Å²) in [5.74, 6) is -1.98. The van der Waals surface area contributed by atoms with E-state index in [1.807, 2.05) is 0 Å². The van der Waals surface area contributed by atoms with E-state index in [1.54, 1.807) is 30.3 Å². The Balaban J connectivity index is 2.35. The molecule has 0 saturated heterocycles. The molecule has 0 atom stereocenters. The molecule has 0 spiro atoms. The highest BCUT2D eigenvalue weighted by Crippen LogP contribution is 2.17. The topological polar surface area (TPSA) is 171 Å². The summed E-state index contributed by atoms with van der Waals surface area (Å²) in [7, 11) is -8.63. The fourth-order valence-corrected chi connectivity index (χ4v) is 2.18. The Labute approximate surface area is 137 Å². The van der Waals surface area contributed by atoms with Crippen LogP contribution in [0.2, 0.25) is 0 Å². The third-order valence-corrected chi connectivity index (χ3v) is 3.51. The van der Waals surface area contributed by atoms with Crippen LogP contribution in [0.25, 0.3) is 11.4 Å². The molecule has 1 aromatic carbocycles. The Bertz CT molecular complexity index is 863. The summed E-state index contributed by atoms with van der Waals surface area (Å²) < 4.78 is 60.7. The zero-order valence-corrected chi connectivity index (χ0v) is 13.6. The van der Waals surface area contributed by atoms with E-state index in [4.69, 9.17) is 9.11 Å². The quantitative estimate of drug-likeness (QED) is 0.482. The van der Waals surface area contributed by atoms with Crippen molar-refractivity contribution >= 4 is 32.1 Å². The van der Waals surface area contributed by atoms with Crippen LogP contribution in [0.1, 0.15) is 0 Å². The number of anilines is 2. The molecule has 0 aliphatic rings. The standard InChI is InChI=1S/C11H13N5O6S2/c17-23(18,19)6-12-10-14-9(8-4-2-1-3-5-8)15-11(16-10)13-7-24(20,21)22/h1-5H,6-7H2,(H,17,18,19)(H,20,21,22)(H2,12,13,14,15,16). The van der Waals surface area contributed by atoms with Gasteiger partial charge in [0.25, 0.3) is 20.2 Å². The van der Waals surface area contributed by atoms with Crippen LogP contribution in [-0.4, -0.2) is 52.6 Å². The minimum Gasteiger partial charge on any atom is -0.338 e. The van der Waals surface area contributed by atoms with Gasteiger partial charge in [-0.1, -0.05) is 30.3 Å². The van der Waals surface area contributed by atoms with Gasteiger partial charge >= 0.3 is 0 Å². The second-order valence-electron chi connectivity index (χ2n) is 4.48. The molecular weight excluding hydrogens is 362 g/mol. The minimum atomic E-state index is -4.32. The van der Waals surface area contributed by atoms with Crippen molar-refractivity contribution in [3.63, 3.8) is 0 Å². The number of hydrogen-bond acceptors (Lipinski definition) is 9. The first kappa shape index (κ1) is 18.0. The van der Waals surface area contributed by atoms with Gasteiger partial charge in [-0.15, -0.1) is 0 Å². The normalized spacial score (nSPS) is 11.9. The van der Waals surface area contributed by atoms with Crippen molar-refractivity contribution in [2.75, 3.05) is 22.4 Å². The number of aromatic nitrogens is 3. The Kier molecular flexibility index (Phi) is 5.28. The summed E-state index contributed by atoms with van der Waals surface area (Å²) in [6, 6.07) is 8.55. The Hall–Kier alpha value is -2.35. The van der Waals surface area contributed by atoms with Crippen LogP contribution in [0.4, 0.5) is 11.9 Å². The van der Waals surface area contributed by atoms with Crippen molar-refractivity contribution in [1.29, 1.82) is 0 Å². The lowest BCUT2D eigenvalue weighted by Crippen LogP contribution is -2.18. The average Bonchev–Trinajstić information content (AvgIpc) is 2.50. The Morgan fingerprint density at radius 1 is 0.792 bits per heavy atom. The predicted molar refractivity (Wildman–Crippen MR) is 85.3 cm³/mol. The molecule has 130 valence electrons. The van der Waals surface area contributed by atoms with Gasteiger partial charge in [-0.25, -0.2) is 0 Å². The number of benzene rings is 1. The molecule has 2 rings (SSSR count). The van der Waals surface area contributed by atoms with E-state index in [-0.39, 0.29) is 17.7 Å². The van der Waals surface area contributed by atoms with Gasteiger partial charge in [0, 0.05) is 5.56 Å². The van der Waals surface area contributed by atoms with Crippen LogP contribution in [0.15, 0.2) is 30.3 Å². The molecule has 1 aromatic heterocycles. The summed E-state index contributed by atoms with van der Waals surface area (Å²) in [6.45, 7) is 0. The maximum Gasteiger partial charge on any atom is 0.283 e. The lowest BCUT2D eigenvalue weighted by Gasteiger charge is -2.09. The van der Waals surface area contributed by atoms with Gasteiger partial charge in [-0.3, -0.25) is 9.11 Å². The van der Waals surface area contributed by atoms with Crippen molar-refractivity contribution in [3.05, 3.63) is 30.3 Å². The van der Waals surface area contributed by atoms with Gasteiger partial charge in [-0.2, -0.15) is 31.8 Å². The molecule has 24 heavy (non-hydrogen) atoms. The highest BCUT2D eigenvalue weighted by atomic mass is 32.2. The van der Waals surface area contributed by atoms with Crippen molar-refractivity contribution in [1.82, 2.24) is 15.0 Å². The smallest absolute Gasteiger partial charge is 0.283 e. The molecular formula is C11H13N5O6S2. The number of rotatable bonds is 7. The lowest BCUT2D eigenvalue weighted by atomic mass is 10.2. The first-order valence-electron chi connectivity index (χ1n) is 6.32. The highest BCUT2D eigenvalue weighted by molar-refractivity contribution is 7.86. The van der Waals surface area contributed by atoms with E-state index < -0.39 is 32.0 Å². The van der Waals surface area contributed by atoms with Crippen molar-refractivity contribution < 1.29 is 25.9 Å². The molecule has 0 bridgehead atoms. The summed E-state index contributed by atoms with van der Waals surface area (Å²) in [4.78, 5) is 11.8. The first-order valence-corrected chi connectivity index (χ1v) is 9.54. The molecule has 0 radical (unpaired) electrons. The molecule has 0 aliphatic carbocycles. The Morgan fingerprint density at radius 2 is 1.25 bits per heavy atom. The molecule has 11 nitrogen and oxygen atoms in total.